The highest BCUT2D eigenvalue weighted by Crippen LogP contribution is 2.45. The summed E-state index contributed by atoms with van der Waals surface area (Å²) in [5, 5.41) is 42.0. The molecule has 0 bridgehead atoms. The number of phenols is 3. The van der Waals surface area contributed by atoms with Crippen molar-refractivity contribution in [2.45, 2.75) is 261 Å². The van der Waals surface area contributed by atoms with Crippen LogP contribution < -0.4 is 0 Å². The highest BCUT2D eigenvalue weighted by molar-refractivity contribution is 5.52. The summed E-state index contributed by atoms with van der Waals surface area (Å²) in [4.78, 5) is 5.04. The van der Waals surface area contributed by atoms with E-state index in [1.807, 2.05) is 12.1 Å². The zero-order valence-corrected chi connectivity index (χ0v) is 48.6. The standard InChI is InChI=1S/C27H46O3.C21H34O3.C15H24O/c1-8-9-10-11-19-12-14-20(15-13-19)16-24(30-29)21-17-22(26(2,3)4)25(28)23(18-21)27(5,6)7;1-8-9-14-12-23-19(24-13-14)15-10-16(20(2,3)4)18(22)17(11-15)21(5,6)7;1-10-8-11(14(2,3)4)13(16)12(9-10)15(5,6)7/h17-20,24,28-29H,8-16H2,1-7H3;10-11,14,19,22H,8-9,12-13H2,1-7H3;8-9,16H,1-7H3. The molecule has 2 fully saturated rings. The summed E-state index contributed by atoms with van der Waals surface area (Å²) in [6, 6.07) is 12.4. The van der Waals surface area contributed by atoms with Crippen molar-refractivity contribution in [2.24, 2.45) is 17.8 Å². The zero-order chi connectivity index (χ0) is 53.4. The molecule has 1 saturated carbocycles. The van der Waals surface area contributed by atoms with Gasteiger partial charge in [0.1, 0.15) is 23.4 Å². The fourth-order valence-electron chi connectivity index (χ4n) is 10.1. The van der Waals surface area contributed by atoms with Crippen LogP contribution in [0.1, 0.15) is 272 Å². The summed E-state index contributed by atoms with van der Waals surface area (Å²) in [7, 11) is 0. The molecule has 1 atom stereocenters. The van der Waals surface area contributed by atoms with Gasteiger partial charge < -0.3 is 24.8 Å². The predicted octanol–water partition coefficient (Wildman–Crippen LogP) is 18.0. The highest BCUT2D eigenvalue weighted by atomic mass is 17.1. The van der Waals surface area contributed by atoms with Crippen LogP contribution in [0.15, 0.2) is 36.4 Å². The first kappa shape index (κ1) is 61.2. The van der Waals surface area contributed by atoms with Gasteiger partial charge in [-0.3, -0.25) is 5.26 Å². The smallest absolute Gasteiger partial charge is 0.183 e. The predicted molar refractivity (Wildman–Crippen MR) is 295 cm³/mol. The quantitative estimate of drug-likeness (QED) is 0.0861. The van der Waals surface area contributed by atoms with E-state index in [4.69, 9.17) is 14.4 Å². The van der Waals surface area contributed by atoms with Crippen LogP contribution in [0.2, 0.25) is 0 Å². The minimum absolute atomic E-state index is 0.0178. The largest absolute Gasteiger partial charge is 0.507 e. The molecule has 5 rings (SSSR count). The molecule has 7 nitrogen and oxygen atoms in total. The first-order chi connectivity index (χ1) is 32.0. The van der Waals surface area contributed by atoms with Crippen molar-refractivity contribution in [1.82, 2.24) is 0 Å². The summed E-state index contributed by atoms with van der Waals surface area (Å²) in [5.74, 6) is 3.21. The van der Waals surface area contributed by atoms with Crippen molar-refractivity contribution in [2.75, 3.05) is 13.2 Å². The van der Waals surface area contributed by atoms with Gasteiger partial charge in [-0.1, -0.05) is 214 Å². The lowest BCUT2D eigenvalue weighted by atomic mass is 9.75. The highest BCUT2D eigenvalue weighted by Gasteiger charge is 2.33. The molecule has 1 aliphatic carbocycles. The fraction of sp³-hybridized carbons (Fsp3) is 0.714. The Bertz CT molecular complexity index is 1970. The number of aryl methyl sites for hydroxylation is 1. The lowest BCUT2D eigenvalue weighted by Gasteiger charge is -2.33. The molecular weight excluding hydrogens is 869 g/mol. The number of ether oxygens (including phenoxy) is 2. The number of rotatable bonds is 11. The van der Waals surface area contributed by atoms with E-state index in [2.05, 4.69) is 170 Å². The Morgan fingerprint density at radius 2 is 0.843 bits per heavy atom. The van der Waals surface area contributed by atoms with Crippen molar-refractivity contribution in [3.63, 3.8) is 0 Å². The van der Waals surface area contributed by atoms with Crippen LogP contribution in [0, 0.1) is 24.7 Å². The maximum absolute atomic E-state index is 11.0. The molecule has 398 valence electrons. The summed E-state index contributed by atoms with van der Waals surface area (Å²) in [6.45, 7) is 46.3. The SMILES string of the molecule is CCCC1COC(c2cc(C(C)(C)C)c(O)c(C(C)(C)C)c2)OC1.CCCCCC1CCC(CC(OO)c2cc(C(C)(C)C)c(O)c(C(C)(C)C)c2)CC1.Cc1cc(C(C)(C)C)c(O)c(C(C)(C)C)c1. The van der Waals surface area contributed by atoms with E-state index >= 15 is 0 Å². The average Bonchev–Trinajstić information content (AvgIpc) is 3.23. The van der Waals surface area contributed by atoms with Gasteiger partial charge >= 0.3 is 0 Å². The van der Waals surface area contributed by atoms with Gasteiger partial charge in [-0.2, -0.15) is 0 Å². The van der Waals surface area contributed by atoms with Crippen LogP contribution in [0.3, 0.4) is 0 Å². The Hall–Kier alpha value is -3.10. The van der Waals surface area contributed by atoms with E-state index in [1.165, 1.54) is 56.9 Å². The summed E-state index contributed by atoms with van der Waals surface area (Å²) < 4.78 is 12.0. The summed E-state index contributed by atoms with van der Waals surface area (Å²) >= 11 is 0. The number of benzene rings is 3. The first-order valence-corrected chi connectivity index (χ1v) is 27.2. The summed E-state index contributed by atoms with van der Waals surface area (Å²) in [5.41, 5.74) is 8.35. The lowest BCUT2D eigenvalue weighted by Crippen LogP contribution is -2.28. The number of hydrogen-bond donors (Lipinski definition) is 4. The van der Waals surface area contributed by atoms with Crippen LogP contribution in [-0.4, -0.2) is 33.8 Å². The van der Waals surface area contributed by atoms with Crippen molar-refractivity contribution < 1.29 is 34.9 Å². The van der Waals surface area contributed by atoms with Crippen LogP contribution >= 0.6 is 0 Å². The van der Waals surface area contributed by atoms with E-state index in [1.54, 1.807) is 0 Å². The van der Waals surface area contributed by atoms with Crippen LogP contribution in [0.25, 0.3) is 0 Å². The lowest BCUT2D eigenvalue weighted by molar-refractivity contribution is -0.285. The topological polar surface area (TPSA) is 109 Å². The third-order valence-corrected chi connectivity index (χ3v) is 14.5. The third kappa shape index (κ3) is 17.5. The molecule has 4 N–H and O–H groups in total. The van der Waals surface area contributed by atoms with Crippen LogP contribution in [0.5, 0.6) is 17.2 Å². The number of phenolic OH excluding ortho intramolecular Hbond substituents is 3. The molecule has 7 heteroatoms. The van der Waals surface area contributed by atoms with Gasteiger partial charge in [0.05, 0.1) is 13.2 Å². The molecule has 0 radical (unpaired) electrons. The third-order valence-electron chi connectivity index (χ3n) is 14.5. The number of aromatic hydroxyl groups is 3. The minimum Gasteiger partial charge on any atom is -0.507 e. The number of hydrogen-bond acceptors (Lipinski definition) is 7. The second-order valence-electron chi connectivity index (χ2n) is 27.5. The minimum atomic E-state index is -0.338. The molecule has 1 heterocycles. The Morgan fingerprint density at radius 1 is 0.486 bits per heavy atom. The van der Waals surface area contributed by atoms with Crippen molar-refractivity contribution in [1.29, 1.82) is 0 Å². The van der Waals surface area contributed by atoms with Crippen molar-refractivity contribution >= 4 is 0 Å². The molecule has 3 aromatic carbocycles. The van der Waals surface area contributed by atoms with Crippen molar-refractivity contribution in [3.8, 4) is 17.2 Å². The van der Waals surface area contributed by atoms with Crippen LogP contribution in [-0.2, 0) is 46.9 Å². The monoisotopic (exact) mass is 973 g/mol. The Balaban J connectivity index is 0.000000291. The molecule has 1 aliphatic heterocycles. The van der Waals surface area contributed by atoms with Gasteiger partial charge in [0.15, 0.2) is 6.29 Å². The summed E-state index contributed by atoms with van der Waals surface area (Å²) in [6.07, 6.45) is 12.9. The van der Waals surface area contributed by atoms with E-state index < -0.39 is 0 Å². The van der Waals surface area contributed by atoms with E-state index in [0.717, 1.165) is 82.9 Å². The van der Waals surface area contributed by atoms with Gasteiger partial charge in [-0.25, -0.2) is 4.89 Å². The van der Waals surface area contributed by atoms with Gasteiger partial charge in [0, 0.05) is 11.5 Å². The Labute approximate surface area is 428 Å². The zero-order valence-electron chi connectivity index (χ0n) is 48.6. The molecule has 0 amide bonds. The fourth-order valence-corrected chi connectivity index (χ4v) is 10.1. The van der Waals surface area contributed by atoms with E-state index in [0.29, 0.717) is 29.1 Å². The maximum Gasteiger partial charge on any atom is 0.183 e. The van der Waals surface area contributed by atoms with Gasteiger partial charge in [0.25, 0.3) is 0 Å². The average molecular weight is 974 g/mol. The Morgan fingerprint density at radius 3 is 1.19 bits per heavy atom. The Kier molecular flexibility index (Phi) is 21.6. The van der Waals surface area contributed by atoms with E-state index in [9.17, 15) is 20.6 Å². The molecule has 2 aliphatic rings. The van der Waals surface area contributed by atoms with E-state index in [-0.39, 0.29) is 44.9 Å². The second-order valence-corrected chi connectivity index (χ2v) is 27.5. The second kappa shape index (κ2) is 24.8. The molecule has 1 unspecified atom stereocenters. The van der Waals surface area contributed by atoms with Crippen molar-refractivity contribution in [3.05, 3.63) is 86.5 Å². The number of unbranched alkanes of at least 4 members (excludes halogenated alkanes) is 2. The van der Waals surface area contributed by atoms with Gasteiger partial charge in [0.2, 0.25) is 0 Å². The van der Waals surface area contributed by atoms with Gasteiger partial charge in [-0.05, 0) is 127 Å². The molecule has 70 heavy (non-hydrogen) atoms. The normalized spacial score (nSPS) is 20.0. The first-order valence-electron chi connectivity index (χ1n) is 27.2. The molecule has 0 aromatic heterocycles. The molecule has 1 saturated heterocycles. The van der Waals surface area contributed by atoms with Crippen LogP contribution in [0.4, 0.5) is 0 Å². The maximum atomic E-state index is 11.0. The molecule has 0 spiro atoms. The molecule has 3 aromatic rings. The molecular formula is C63H104O7. The van der Waals surface area contributed by atoms with Gasteiger partial charge in [-0.15, -0.1) is 0 Å².